The third-order valence-electron chi connectivity index (χ3n) is 4.36. The molecule has 3 aromatic carbocycles. The average molecular weight is 417 g/mol. The molecule has 0 N–H and O–H groups in total. The van der Waals surface area contributed by atoms with Crippen molar-refractivity contribution in [1.82, 2.24) is 9.55 Å². The average Bonchev–Trinajstić information content (AvgIpc) is 2.68. The molecule has 0 saturated heterocycles. The quantitative estimate of drug-likeness (QED) is 0.433. The Morgan fingerprint density at radius 2 is 1.70 bits per heavy atom. The van der Waals surface area contributed by atoms with Gasteiger partial charge in [0.15, 0.2) is 0 Å². The van der Waals surface area contributed by atoms with Crippen molar-refractivity contribution < 1.29 is 0 Å². The molecule has 4 rings (SSSR count). The molecule has 0 radical (unpaired) electrons. The van der Waals surface area contributed by atoms with Gasteiger partial charge in [-0.25, -0.2) is 4.98 Å². The predicted molar refractivity (Wildman–Crippen MR) is 115 cm³/mol. The zero-order chi connectivity index (χ0) is 18.8. The molecule has 132 valence electrons. The van der Waals surface area contributed by atoms with Gasteiger partial charge in [0.1, 0.15) is 5.82 Å². The summed E-state index contributed by atoms with van der Waals surface area (Å²) in [5.41, 5.74) is 3.57. The van der Waals surface area contributed by atoms with E-state index in [0.717, 1.165) is 21.3 Å². The van der Waals surface area contributed by atoms with Crippen LogP contribution in [0.1, 0.15) is 17.0 Å². The van der Waals surface area contributed by atoms with Crippen LogP contribution in [0.15, 0.2) is 82.1 Å². The van der Waals surface area contributed by atoms with Crippen molar-refractivity contribution in [2.75, 3.05) is 0 Å². The van der Waals surface area contributed by atoms with Crippen molar-refractivity contribution >= 4 is 39.0 Å². The number of rotatable bonds is 3. The fraction of sp³-hybridized carbons (Fsp3) is 0.0435. The van der Waals surface area contributed by atoms with Gasteiger partial charge in [-0.15, -0.1) is 0 Å². The van der Waals surface area contributed by atoms with Crippen LogP contribution in [0.25, 0.3) is 28.7 Å². The minimum atomic E-state index is -0.0679. The molecule has 0 aliphatic rings. The molecular formula is C23H17BrN2O. The smallest absolute Gasteiger partial charge is 0.266 e. The van der Waals surface area contributed by atoms with E-state index in [9.17, 15) is 4.79 Å². The minimum absolute atomic E-state index is 0.0679. The molecule has 0 fully saturated rings. The van der Waals surface area contributed by atoms with Gasteiger partial charge in [0, 0.05) is 4.47 Å². The first-order valence-corrected chi connectivity index (χ1v) is 9.43. The second-order valence-corrected chi connectivity index (χ2v) is 7.27. The van der Waals surface area contributed by atoms with Crippen molar-refractivity contribution in [2.24, 2.45) is 0 Å². The van der Waals surface area contributed by atoms with Crippen molar-refractivity contribution in [2.45, 2.75) is 6.92 Å². The zero-order valence-corrected chi connectivity index (χ0v) is 16.3. The number of aryl methyl sites for hydroxylation is 1. The number of hydrogen-bond donors (Lipinski definition) is 0. The highest BCUT2D eigenvalue weighted by molar-refractivity contribution is 9.10. The summed E-state index contributed by atoms with van der Waals surface area (Å²) in [6.45, 7) is 2.01. The molecule has 0 atom stereocenters. The molecular weight excluding hydrogens is 400 g/mol. The molecule has 4 heteroatoms. The largest absolute Gasteiger partial charge is 0.268 e. The number of hydrogen-bond acceptors (Lipinski definition) is 2. The van der Waals surface area contributed by atoms with E-state index in [2.05, 4.69) is 15.9 Å². The van der Waals surface area contributed by atoms with Crippen LogP contribution < -0.4 is 5.56 Å². The number of benzene rings is 3. The summed E-state index contributed by atoms with van der Waals surface area (Å²) in [6, 6.07) is 23.3. The number of nitrogens with zero attached hydrogens (tertiary/aromatic N) is 2. The highest BCUT2D eigenvalue weighted by Crippen LogP contribution is 2.17. The van der Waals surface area contributed by atoms with Gasteiger partial charge in [-0.05, 0) is 60.5 Å². The molecule has 1 aromatic heterocycles. The number of halogens is 1. The zero-order valence-electron chi connectivity index (χ0n) is 14.8. The Bertz CT molecular complexity index is 1210. The Morgan fingerprint density at radius 1 is 0.926 bits per heavy atom. The second kappa shape index (κ2) is 7.33. The van der Waals surface area contributed by atoms with E-state index in [1.54, 1.807) is 4.57 Å². The van der Waals surface area contributed by atoms with E-state index >= 15 is 0 Å². The molecule has 1 heterocycles. The van der Waals surface area contributed by atoms with Gasteiger partial charge in [-0.1, -0.05) is 58.4 Å². The Labute approximate surface area is 165 Å². The summed E-state index contributed by atoms with van der Waals surface area (Å²) in [5.74, 6) is 0.604. The molecule has 0 saturated carbocycles. The summed E-state index contributed by atoms with van der Waals surface area (Å²) in [6.07, 6.45) is 3.86. The maximum absolute atomic E-state index is 13.2. The first kappa shape index (κ1) is 17.4. The lowest BCUT2D eigenvalue weighted by atomic mass is 10.2. The number of fused-ring (bicyclic) bond motifs is 1. The van der Waals surface area contributed by atoms with Crippen molar-refractivity contribution in [3.8, 4) is 5.69 Å². The Balaban J connectivity index is 1.93. The maximum atomic E-state index is 13.2. The third kappa shape index (κ3) is 3.62. The Kier molecular flexibility index (Phi) is 4.73. The van der Waals surface area contributed by atoms with Crippen LogP contribution in [-0.2, 0) is 0 Å². The molecule has 0 aliphatic carbocycles. The van der Waals surface area contributed by atoms with Crippen LogP contribution in [0, 0.1) is 6.92 Å². The fourth-order valence-corrected chi connectivity index (χ4v) is 3.29. The minimum Gasteiger partial charge on any atom is -0.268 e. The fourth-order valence-electron chi connectivity index (χ4n) is 3.02. The van der Waals surface area contributed by atoms with E-state index in [0.29, 0.717) is 16.7 Å². The highest BCUT2D eigenvalue weighted by Gasteiger charge is 2.11. The summed E-state index contributed by atoms with van der Waals surface area (Å²) >= 11 is 3.45. The molecule has 4 aromatic rings. The topological polar surface area (TPSA) is 34.9 Å². The summed E-state index contributed by atoms with van der Waals surface area (Å²) in [5, 5.41) is 0.611. The molecule has 0 amide bonds. The lowest BCUT2D eigenvalue weighted by molar-refractivity contribution is 0.942. The Morgan fingerprint density at radius 3 is 2.48 bits per heavy atom. The molecule has 3 nitrogen and oxygen atoms in total. The van der Waals surface area contributed by atoms with Crippen LogP contribution in [0.4, 0.5) is 0 Å². The standard InChI is InChI=1S/C23H17BrN2O/c1-16-5-4-6-19(15-16)26-22(14-11-17-9-12-18(24)13-10-17)25-21-8-3-2-7-20(21)23(26)27/h2-15H,1H3. The molecule has 0 unspecified atom stereocenters. The van der Waals surface area contributed by atoms with Gasteiger partial charge < -0.3 is 0 Å². The number of aromatic nitrogens is 2. The van der Waals surface area contributed by atoms with E-state index in [1.807, 2.05) is 91.9 Å². The van der Waals surface area contributed by atoms with E-state index in [4.69, 9.17) is 4.98 Å². The number of para-hydroxylation sites is 1. The Hall–Kier alpha value is -2.98. The van der Waals surface area contributed by atoms with E-state index in [-0.39, 0.29) is 5.56 Å². The van der Waals surface area contributed by atoms with Gasteiger partial charge in [0.2, 0.25) is 0 Å². The van der Waals surface area contributed by atoms with Crippen LogP contribution in [0.2, 0.25) is 0 Å². The second-order valence-electron chi connectivity index (χ2n) is 6.35. The first-order valence-electron chi connectivity index (χ1n) is 8.64. The molecule has 0 spiro atoms. The first-order chi connectivity index (χ1) is 13.1. The van der Waals surface area contributed by atoms with Crippen LogP contribution >= 0.6 is 15.9 Å². The SMILES string of the molecule is Cc1cccc(-n2c(C=Cc3ccc(Br)cc3)nc3ccccc3c2=O)c1. The van der Waals surface area contributed by atoms with Crippen molar-refractivity contribution in [3.63, 3.8) is 0 Å². The van der Waals surface area contributed by atoms with Crippen LogP contribution in [0.3, 0.4) is 0 Å². The highest BCUT2D eigenvalue weighted by atomic mass is 79.9. The van der Waals surface area contributed by atoms with Gasteiger partial charge in [-0.3, -0.25) is 9.36 Å². The maximum Gasteiger partial charge on any atom is 0.266 e. The summed E-state index contributed by atoms with van der Waals surface area (Å²) in [7, 11) is 0. The molecule has 0 aliphatic heterocycles. The van der Waals surface area contributed by atoms with Gasteiger partial charge >= 0.3 is 0 Å². The lowest BCUT2D eigenvalue weighted by Gasteiger charge is -2.12. The lowest BCUT2D eigenvalue weighted by Crippen LogP contribution is -2.22. The monoisotopic (exact) mass is 416 g/mol. The molecule has 27 heavy (non-hydrogen) atoms. The van der Waals surface area contributed by atoms with Crippen LogP contribution in [0.5, 0.6) is 0 Å². The molecule has 0 bridgehead atoms. The summed E-state index contributed by atoms with van der Waals surface area (Å²) < 4.78 is 2.70. The van der Waals surface area contributed by atoms with E-state index < -0.39 is 0 Å². The van der Waals surface area contributed by atoms with Crippen molar-refractivity contribution in [3.05, 3.63) is 105 Å². The van der Waals surface area contributed by atoms with Crippen LogP contribution in [-0.4, -0.2) is 9.55 Å². The van der Waals surface area contributed by atoms with Gasteiger partial charge in [-0.2, -0.15) is 0 Å². The van der Waals surface area contributed by atoms with Crippen molar-refractivity contribution in [1.29, 1.82) is 0 Å². The normalized spacial score (nSPS) is 11.3. The van der Waals surface area contributed by atoms with Gasteiger partial charge in [0.25, 0.3) is 5.56 Å². The van der Waals surface area contributed by atoms with Gasteiger partial charge in [0.05, 0.1) is 16.6 Å². The van der Waals surface area contributed by atoms with E-state index in [1.165, 1.54) is 0 Å². The predicted octanol–water partition coefficient (Wildman–Crippen LogP) is 5.63. The third-order valence-corrected chi connectivity index (χ3v) is 4.89. The summed E-state index contributed by atoms with van der Waals surface area (Å²) in [4.78, 5) is 17.9.